The first kappa shape index (κ1) is 16.2. The zero-order chi connectivity index (χ0) is 3.54. The average molecular weight is 234 g/mol. The molecule has 0 saturated heterocycles. The minimum atomic E-state index is 0. The first-order valence-electron chi connectivity index (χ1n) is 2.50. The second kappa shape index (κ2) is 11.3. The molecule has 1 aliphatic rings. The normalized spacial score (nSPS) is 15.0. The van der Waals surface area contributed by atoms with Crippen LogP contribution in [0.15, 0.2) is 0 Å². The summed E-state index contributed by atoms with van der Waals surface area (Å²) in [5, 5.41) is 0. The van der Waals surface area contributed by atoms with Gasteiger partial charge in [-0.1, -0.05) is 32.1 Å². The Labute approximate surface area is 82.7 Å². The monoisotopic (exact) mass is 232 g/mol. The van der Waals surface area contributed by atoms with Gasteiger partial charge in [0.15, 0.2) is 0 Å². The third-order valence-electron chi connectivity index (χ3n) is 1.25. The minimum Gasteiger partial charge on any atom is -0.147 e. The van der Waals surface area contributed by atoms with Crippen molar-refractivity contribution in [2.75, 3.05) is 0 Å². The van der Waals surface area contributed by atoms with Crippen molar-refractivity contribution in [1.29, 1.82) is 0 Å². The molecule has 0 aromatic heterocycles. The third-order valence-corrected chi connectivity index (χ3v) is 1.25. The fraction of sp³-hybridized carbons (Fsp3) is 1.00. The Balaban J connectivity index is -0.0000000833. The molecule has 0 aromatic carbocycles. The van der Waals surface area contributed by atoms with Gasteiger partial charge in [0.25, 0.3) is 0 Å². The van der Waals surface area contributed by atoms with Crippen LogP contribution in [0, 0.1) is 0 Å². The van der Waals surface area contributed by atoms with E-state index < -0.39 is 0 Å². The molecule has 0 aliphatic heterocycles. The van der Waals surface area contributed by atoms with E-state index in [9.17, 15) is 0 Å². The molecule has 1 saturated carbocycles. The van der Waals surface area contributed by atoms with E-state index in [1.165, 1.54) is 32.1 Å². The molecule has 50 valence electrons. The van der Waals surface area contributed by atoms with Crippen molar-refractivity contribution in [2.24, 2.45) is 0 Å². The molecule has 1 aliphatic carbocycles. The van der Waals surface area contributed by atoms with Crippen LogP contribution in [-0.4, -0.2) is 0 Å². The average Bonchev–Trinajstić information content (AvgIpc) is 1.76. The van der Waals surface area contributed by atoms with Crippen LogP contribution in [-0.2, 0) is 26.2 Å². The van der Waals surface area contributed by atoms with E-state index in [2.05, 4.69) is 0 Å². The Morgan fingerprint density at radius 2 is 0.625 bits per heavy atom. The van der Waals surface area contributed by atoms with Crippen molar-refractivity contribution < 1.29 is 26.2 Å². The molecule has 0 atom stereocenters. The first-order chi connectivity index (χ1) is 2.50. The van der Waals surface area contributed by atoms with E-state index >= 15 is 0 Å². The van der Waals surface area contributed by atoms with E-state index in [1.54, 1.807) is 0 Å². The Bertz CT molecular complexity index is 22.0. The Hall–Kier alpha value is 1.46. The Kier molecular flexibility index (Phi) is 22.9. The van der Waals surface area contributed by atoms with E-state index in [-0.39, 0.29) is 51.0 Å². The standard InChI is InChI=1S/C5H10.2ClH.Zr/c1-2-4-5-3-1;;;/h1-5H2;2*1H;. The second-order valence-corrected chi connectivity index (χ2v) is 1.77. The summed E-state index contributed by atoms with van der Waals surface area (Å²) >= 11 is 0. The van der Waals surface area contributed by atoms with Gasteiger partial charge in [0.1, 0.15) is 0 Å². The fourth-order valence-corrected chi connectivity index (χ4v) is 0.884. The molecule has 0 unspecified atom stereocenters. The zero-order valence-corrected chi connectivity index (χ0v) is 8.94. The van der Waals surface area contributed by atoms with Gasteiger partial charge in [-0.25, -0.2) is 0 Å². The van der Waals surface area contributed by atoms with Crippen LogP contribution in [0.25, 0.3) is 0 Å². The molecule has 3 heteroatoms. The summed E-state index contributed by atoms with van der Waals surface area (Å²) in [5.41, 5.74) is 0. The predicted octanol–water partition coefficient (Wildman–Crippen LogP) is 2.79. The second-order valence-electron chi connectivity index (χ2n) is 1.77. The molecule has 0 N–H and O–H groups in total. The molecule has 0 bridgehead atoms. The van der Waals surface area contributed by atoms with Gasteiger partial charge >= 0.3 is 0 Å². The molecule has 0 spiro atoms. The van der Waals surface area contributed by atoms with Gasteiger partial charge in [0.2, 0.25) is 0 Å². The van der Waals surface area contributed by atoms with Crippen LogP contribution in [0.5, 0.6) is 0 Å². The van der Waals surface area contributed by atoms with Crippen molar-refractivity contribution in [3.63, 3.8) is 0 Å². The van der Waals surface area contributed by atoms with Gasteiger partial charge in [-0.15, -0.1) is 24.8 Å². The Morgan fingerprint density at radius 3 is 0.750 bits per heavy atom. The summed E-state index contributed by atoms with van der Waals surface area (Å²) in [6.07, 6.45) is 7.50. The predicted molar refractivity (Wildman–Crippen MR) is 37.6 cm³/mol. The third kappa shape index (κ3) is 7.46. The number of hydrogen-bond acceptors (Lipinski definition) is 0. The molecule has 1 rings (SSSR count). The van der Waals surface area contributed by atoms with Crippen molar-refractivity contribution in [1.82, 2.24) is 0 Å². The summed E-state index contributed by atoms with van der Waals surface area (Å²) in [5.74, 6) is 0. The van der Waals surface area contributed by atoms with Crippen LogP contribution in [0.2, 0.25) is 0 Å². The first-order valence-corrected chi connectivity index (χ1v) is 2.50. The van der Waals surface area contributed by atoms with Gasteiger partial charge < -0.3 is 0 Å². The van der Waals surface area contributed by atoms with E-state index in [4.69, 9.17) is 0 Å². The van der Waals surface area contributed by atoms with Crippen molar-refractivity contribution >= 4 is 24.8 Å². The minimum absolute atomic E-state index is 0. The summed E-state index contributed by atoms with van der Waals surface area (Å²) in [6.45, 7) is 0. The smallest absolute Gasteiger partial charge is 0 e. The maximum absolute atomic E-state index is 1.50. The van der Waals surface area contributed by atoms with Gasteiger partial charge in [0, 0.05) is 26.2 Å². The molecule has 0 heterocycles. The van der Waals surface area contributed by atoms with E-state index in [0.717, 1.165) is 0 Å². The number of halogens is 2. The van der Waals surface area contributed by atoms with Crippen LogP contribution in [0.4, 0.5) is 0 Å². The molecule has 0 nitrogen and oxygen atoms in total. The number of hydrogen-bond donors (Lipinski definition) is 0. The van der Waals surface area contributed by atoms with E-state index in [0.29, 0.717) is 0 Å². The van der Waals surface area contributed by atoms with Crippen LogP contribution < -0.4 is 0 Å². The van der Waals surface area contributed by atoms with Crippen molar-refractivity contribution in [3.8, 4) is 0 Å². The fourth-order valence-electron chi connectivity index (χ4n) is 0.884. The molecule has 1 fully saturated rings. The molecular weight excluding hydrogens is 222 g/mol. The topological polar surface area (TPSA) is 0 Å². The van der Waals surface area contributed by atoms with Crippen molar-refractivity contribution in [3.05, 3.63) is 0 Å². The van der Waals surface area contributed by atoms with Crippen LogP contribution >= 0.6 is 24.8 Å². The molecular formula is C5H12Cl2Zr. The molecule has 0 radical (unpaired) electrons. The summed E-state index contributed by atoms with van der Waals surface area (Å²) < 4.78 is 0. The quantitative estimate of drug-likeness (QED) is 0.604. The van der Waals surface area contributed by atoms with Gasteiger partial charge in [-0.05, 0) is 0 Å². The molecule has 0 aromatic rings. The maximum atomic E-state index is 1.50. The zero-order valence-electron chi connectivity index (χ0n) is 4.85. The molecule has 8 heavy (non-hydrogen) atoms. The van der Waals surface area contributed by atoms with Crippen LogP contribution in [0.1, 0.15) is 32.1 Å². The summed E-state index contributed by atoms with van der Waals surface area (Å²) in [7, 11) is 0. The summed E-state index contributed by atoms with van der Waals surface area (Å²) in [6, 6.07) is 0. The largest absolute Gasteiger partial charge is 0.147 e. The SMILES string of the molecule is C1CCCC1.Cl.Cl.[Zr]. The van der Waals surface area contributed by atoms with Gasteiger partial charge in [-0.3, -0.25) is 0 Å². The molecule has 0 amide bonds. The summed E-state index contributed by atoms with van der Waals surface area (Å²) in [4.78, 5) is 0. The van der Waals surface area contributed by atoms with Gasteiger partial charge in [0.05, 0.1) is 0 Å². The Morgan fingerprint density at radius 1 is 0.500 bits per heavy atom. The maximum Gasteiger partial charge on any atom is 0 e. The number of rotatable bonds is 0. The van der Waals surface area contributed by atoms with Crippen molar-refractivity contribution in [2.45, 2.75) is 32.1 Å². The van der Waals surface area contributed by atoms with Crippen LogP contribution in [0.3, 0.4) is 0 Å². The van der Waals surface area contributed by atoms with Gasteiger partial charge in [-0.2, -0.15) is 0 Å². The van der Waals surface area contributed by atoms with E-state index in [1.807, 2.05) is 0 Å².